The number of nitrogens with one attached hydrogen (secondary N) is 2. The van der Waals surface area contributed by atoms with Crippen LogP contribution < -0.4 is 10.6 Å². The molecule has 1 heterocycles. The third-order valence-corrected chi connectivity index (χ3v) is 4.47. The second-order valence-electron chi connectivity index (χ2n) is 4.36. The van der Waals surface area contributed by atoms with E-state index in [1.165, 1.54) is 0 Å². The van der Waals surface area contributed by atoms with Gasteiger partial charge in [-0.1, -0.05) is 13.3 Å². The Labute approximate surface area is 127 Å². The van der Waals surface area contributed by atoms with E-state index in [4.69, 9.17) is 0 Å². The van der Waals surface area contributed by atoms with Crippen LogP contribution in [0.2, 0.25) is 0 Å². The van der Waals surface area contributed by atoms with Gasteiger partial charge in [-0.15, -0.1) is 24.0 Å². The number of halogens is 1. The fraction of sp³-hybridized carbons (Fsp3) is 0.909. The van der Waals surface area contributed by atoms with Crippen molar-refractivity contribution < 1.29 is 8.42 Å². The second kappa shape index (κ2) is 8.95. The van der Waals surface area contributed by atoms with E-state index >= 15 is 0 Å². The molecule has 5 nitrogen and oxygen atoms in total. The van der Waals surface area contributed by atoms with Gasteiger partial charge in [0, 0.05) is 19.1 Å². The van der Waals surface area contributed by atoms with Gasteiger partial charge in [-0.2, -0.15) is 0 Å². The van der Waals surface area contributed by atoms with Crippen LogP contribution in [0.5, 0.6) is 0 Å². The molecule has 1 aliphatic heterocycles. The lowest BCUT2D eigenvalue weighted by molar-refractivity contribution is 0.599. The quantitative estimate of drug-likeness (QED) is 0.320. The molecule has 0 aromatic rings. The molecule has 1 saturated heterocycles. The van der Waals surface area contributed by atoms with Crippen LogP contribution in [0.1, 0.15) is 33.1 Å². The van der Waals surface area contributed by atoms with E-state index in [0.717, 1.165) is 31.9 Å². The Morgan fingerprint density at radius 2 is 2.11 bits per heavy atom. The van der Waals surface area contributed by atoms with Crippen molar-refractivity contribution in [3.8, 4) is 0 Å². The van der Waals surface area contributed by atoms with Crippen molar-refractivity contribution in [2.45, 2.75) is 39.2 Å². The molecule has 1 atom stereocenters. The molecular weight excluding hydrogens is 365 g/mol. The van der Waals surface area contributed by atoms with E-state index in [0.29, 0.717) is 12.2 Å². The topological polar surface area (TPSA) is 70.6 Å². The number of aliphatic imine (C=N–C) groups is 1. The van der Waals surface area contributed by atoms with Gasteiger partial charge in [-0.3, -0.25) is 4.99 Å². The third-order valence-electron chi connectivity index (χ3n) is 2.70. The summed E-state index contributed by atoms with van der Waals surface area (Å²) in [6.45, 7) is 5.70. The molecule has 108 valence electrons. The normalized spacial score (nSPS) is 22.3. The van der Waals surface area contributed by atoms with Crippen molar-refractivity contribution >= 4 is 39.8 Å². The molecule has 1 rings (SSSR count). The zero-order valence-electron chi connectivity index (χ0n) is 11.1. The van der Waals surface area contributed by atoms with Gasteiger partial charge in [0.05, 0.1) is 11.5 Å². The lowest BCUT2D eigenvalue weighted by atomic mass is 10.3. The molecular formula is C11H24IN3O2S. The van der Waals surface area contributed by atoms with Gasteiger partial charge in [0.15, 0.2) is 15.8 Å². The Balaban J connectivity index is 0.00000289. The molecule has 0 saturated carbocycles. The Kier molecular flexibility index (Phi) is 8.93. The molecule has 1 fully saturated rings. The van der Waals surface area contributed by atoms with Crippen LogP contribution in [0.15, 0.2) is 4.99 Å². The average Bonchev–Trinajstić information content (AvgIpc) is 2.59. The molecule has 0 aromatic heterocycles. The highest BCUT2D eigenvalue weighted by Gasteiger charge is 2.28. The SMILES string of the molecule is CCCCN=C(NCC)NC1CCS(=O)(=O)C1.I. The Hall–Kier alpha value is -0.0500. The molecule has 0 spiro atoms. The fourth-order valence-electron chi connectivity index (χ4n) is 1.77. The van der Waals surface area contributed by atoms with E-state index in [2.05, 4.69) is 22.5 Å². The lowest BCUT2D eigenvalue weighted by Gasteiger charge is -2.15. The molecule has 0 bridgehead atoms. The minimum atomic E-state index is -2.83. The fourth-order valence-corrected chi connectivity index (χ4v) is 3.44. The first-order valence-corrected chi connectivity index (χ1v) is 8.14. The number of unbranched alkanes of at least 4 members (excludes halogenated alkanes) is 1. The van der Waals surface area contributed by atoms with Gasteiger partial charge in [-0.25, -0.2) is 8.42 Å². The van der Waals surface area contributed by atoms with Gasteiger partial charge >= 0.3 is 0 Å². The van der Waals surface area contributed by atoms with Crippen molar-refractivity contribution in [3.63, 3.8) is 0 Å². The van der Waals surface area contributed by atoms with E-state index in [1.807, 2.05) is 6.92 Å². The monoisotopic (exact) mass is 389 g/mol. The molecule has 1 unspecified atom stereocenters. The first-order chi connectivity index (χ1) is 8.07. The standard InChI is InChI=1S/C11H23N3O2S.HI/c1-3-5-7-13-11(12-4-2)14-10-6-8-17(15,16)9-10;/h10H,3-9H2,1-2H3,(H2,12,13,14);1H. The maximum absolute atomic E-state index is 11.3. The average molecular weight is 389 g/mol. The van der Waals surface area contributed by atoms with E-state index < -0.39 is 9.84 Å². The highest BCUT2D eigenvalue weighted by molar-refractivity contribution is 14.0. The van der Waals surface area contributed by atoms with Gasteiger partial charge in [0.25, 0.3) is 0 Å². The summed E-state index contributed by atoms with van der Waals surface area (Å²) in [5.41, 5.74) is 0. The highest BCUT2D eigenvalue weighted by Crippen LogP contribution is 2.10. The molecule has 1 aliphatic rings. The van der Waals surface area contributed by atoms with E-state index in [1.54, 1.807) is 0 Å². The molecule has 18 heavy (non-hydrogen) atoms. The number of guanidine groups is 1. The van der Waals surface area contributed by atoms with Gasteiger partial charge in [0.1, 0.15) is 0 Å². The van der Waals surface area contributed by atoms with Crippen molar-refractivity contribution in [2.24, 2.45) is 4.99 Å². The molecule has 0 radical (unpaired) electrons. The predicted octanol–water partition coefficient (Wildman–Crippen LogP) is 1.15. The first kappa shape index (κ1) is 17.9. The summed E-state index contributed by atoms with van der Waals surface area (Å²) in [6.07, 6.45) is 2.85. The van der Waals surface area contributed by atoms with E-state index in [-0.39, 0.29) is 35.8 Å². The van der Waals surface area contributed by atoms with Crippen molar-refractivity contribution in [1.29, 1.82) is 0 Å². The van der Waals surface area contributed by atoms with Crippen LogP contribution in [0.4, 0.5) is 0 Å². The predicted molar refractivity (Wildman–Crippen MR) is 86.5 cm³/mol. The zero-order chi connectivity index (χ0) is 12.7. The minimum absolute atomic E-state index is 0. The van der Waals surface area contributed by atoms with Crippen LogP contribution in [0.3, 0.4) is 0 Å². The molecule has 0 amide bonds. The summed E-state index contributed by atoms with van der Waals surface area (Å²) in [5, 5.41) is 6.33. The van der Waals surface area contributed by atoms with Gasteiger partial charge < -0.3 is 10.6 Å². The molecule has 2 N–H and O–H groups in total. The summed E-state index contributed by atoms with van der Waals surface area (Å²) >= 11 is 0. The van der Waals surface area contributed by atoms with Crippen molar-refractivity contribution in [1.82, 2.24) is 10.6 Å². The number of rotatable bonds is 5. The Morgan fingerprint density at radius 3 is 2.61 bits per heavy atom. The maximum atomic E-state index is 11.3. The van der Waals surface area contributed by atoms with Crippen LogP contribution in [0.25, 0.3) is 0 Å². The summed E-state index contributed by atoms with van der Waals surface area (Å²) in [6, 6.07) is 0.0134. The zero-order valence-corrected chi connectivity index (χ0v) is 14.3. The number of hydrogen-bond acceptors (Lipinski definition) is 3. The lowest BCUT2D eigenvalue weighted by Crippen LogP contribution is -2.44. The van der Waals surface area contributed by atoms with Crippen LogP contribution >= 0.6 is 24.0 Å². The number of sulfone groups is 1. The summed E-state index contributed by atoms with van der Waals surface area (Å²) in [7, 11) is -2.83. The number of nitrogens with zero attached hydrogens (tertiary/aromatic N) is 1. The second-order valence-corrected chi connectivity index (χ2v) is 6.59. The minimum Gasteiger partial charge on any atom is -0.357 e. The summed E-state index contributed by atoms with van der Waals surface area (Å²) in [4.78, 5) is 4.41. The van der Waals surface area contributed by atoms with Crippen molar-refractivity contribution in [2.75, 3.05) is 24.6 Å². The van der Waals surface area contributed by atoms with Crippen LogP contribution in [-0.2, 0) is 9.84 Å². The van der Waals surface area contributed by atoms with Gasteiger partial charge in [0.2, 0.25) is 0 Å². The van der Waals surface area contributed by atoms with Crippen LogP contribution in [-0.4, -0.2) is 45.0 Å². The Bertz CT molecular complexity index is 357. The molecule has 0 aromatic carbocycles. The Morgan fingerprint density at radius 1 is 1.39 bits per heavy atom. The molecule has 0 aliphatic carbocycles. The smallest absolute Gasteiger partial charge is 0.191 e. The van der Waals surface area contributed by atoms with Crippen molar-refractivity contribution in [3.05, 3.63) is 0 Å². The number of hydrogen-bond donors (Lipinski definition) is 2. The molecule has 7 heteroatoms. The summed E-state index contributed by atoms with van der Waals surface area (Å²) in [5.74, 6) is 1.26. The highest BCUT2D eigenvalue weighted by atomic mass is 127. The third kappa shape index (κ3) is 6.77. The first-order valence-electron chi connectivity index (χ1n) is 6.32. The largest absolute Gasteiger partial charge is 0.357 e. The van der Waals surface area contributed by atoms with Crippen LogP contribution in [0, 0.1) is 0 Å². The van der Waals surface area contributed by atoms with E-state index in [9.17, 15) is 8.42 Å². The maximum Gasteiger partial charge on any atom is 0.191 e. The van der Waals surface area contributed by atoms with Gasteiger partial charge in [-0.05, 0) is 19.8 Å². The summed E-state index contributed by atoms with van der Waals surface area (Å²) < 4.78 is 22.7.